The second-order valence-corrected chi connectivity index (χ2v) is 10.1. The van der Waals surface area contributed by atoms with E-state index in [0.717, 1.165) is 23.5 Å². The number of pyridine rings is 1. The fourth-order valence-electron chi connectivity index (χ4n) is 4.51. The molecular weight excluding hydrogens is 594 g/mol. The third-order valence-corrected chi connectivity index (χ3v) is 6.89. The van der Waals surface area contributed by atoms with Gasteiger partial charge in [0.05, 0.1) is 23.9 Å². The summed E-state index contributed by atoms with van der Waals surface area (Å²) < 4.78 is 58.3. The monoisotopic (exact) mass is 617 g/mol. The van der Waals surface area contributed by atoms with Crippen LogP contribution >= 0.6 is 11.6 Å². The maximum atomic E-state index is 13.6. The predicted octanol–water partition coefficient (Wildman–Crippen LogP) is 5.54. The number of nitrogens with one attached hydrogen (secondary N) is 1. The summed E-state index contributed by atoms with van der Waals surface area (Å²) in [5.41, 5.74) is 0.453. The van der Waals surface area contributed by atoms with Crippen molar-refractivity contribution in [3.8, 4) is 6.07 Å². The topological polar surface area (TPSA) is 116 Å². The van der Waals surface area contributed by atoms with Crippen LogP contribution in [0.3, 0.4) is 0 Å². The molecule has 9 nitrogen and oxygen atoms in total. The molecule has 2 heterocycles. The molecule has 2 aliphatic rings. The number of benzene rings is 2. The molecule has 1 atom stereocenters. The predicted molar refractivity (Wildman–Crippen MR) is 147 cm³/mol. The van der Waals surface area contributed by atoms with E-state index < -0.39 is 54.5 Å². The van der Waals surface area contributed by atoms with Crippen molar-refractivity contribution in [2.75, 3.05) is 23.0 Å². The van der Waals surface area contributed by atoms with E-state index in [9.17, 15) is 31.9 Å². The second-order valence-electron chi connectivity index (χ2n) is 9.67. The molecule has 224 valence electrons. The van der Waals surface area contributed by atoms with Crippen LogP contribution in [0.25, 0.3) is 0 Å². The van der Waals surface area contributed by atoms with Crippen LogP contribution in [0.15, 0.2) is 60.8 Å². The summed E-state index contributed by atoms with van der Waals surface area (Å²) in [6.07, 6.45) is 1.08. The van der Waals surface area contributed by atoms with Crippen molar-refractivity contribution in [3.05, 3.63) is 88.6 Å². The van der Waals surface area contributed by atoms with E-state index in [1.807, 2.05) is 6.07 Å². The number of amides is 3. The van der Waals surface area contributed by atoms with Crippen LogP contribution in [0.2, 0.25) is 5.02 Å². The van der Waals surface area contributed by atoms with Gasteiger partial charge in [-0.2, -0.15) is 5.26 Å². The van der Waals surface area contributed by atoms with Crippen molar-refractivity contribution in [3.63, 3.8) is 0 Å². The molecule has 2 fully saturated rings. The van der Waals surface area contributed by atoms with Gasteiger partial charge in [0.15, 0.2) is 0 Å². The Balaban J connectivity index is 0.000000237. The average Bonchev–Trinajstić information content (AvgIpc) is 2.95. The number of nitrogens with zero attached hydrogens (tertiary/aromatic N) is 4. The third-order valence-electron chi connectivity index (χ3n) is 6.54. The molecule has 1 saturated carbocycles. The van der Waals surface area contributed by atoms with Crippen LogP contribution in [0.4, 0.5) is 33.9 Å². The Kier molecular flexibility index (Phi) is 9.82. The molecule has 2 aromatic carbocycles. The van der Waals surface area contributed by atoms with Gasteiger partial charge in [0.1, 0.15) is 23.5 Å². The van der Waals surface area contributed by atoms with Gasteiger partial charge in [-0.1, -0.05) is 29.8 Å². The molecule has 0 radical (unpaired) electrons. The molecule has 1 aliphatic carbocycles. The number of anilines is 2. The lowest BCUT2D eigenvalue weighted by atomic mass is 9.87. The van der Waals surface area contributed by atoms with E-state index in [0.29, 0.717) is 30.6 Å². The number of hydrogen-bond donors (Lipinski definition) is 1. The lowest BCUT2D eigenvalue weighted by Gasteiger charge is -2.37. The highest BCUT2D eigenvalue weighted by atomic mass is 35.5. The lowest BCUT2D eigenvalue weighted by Crippen LogP contribution is -2.53. The number of halogens is 5. The minimum absolute atomic E-state index is 0.130. The number of aromatic nitrogens is 1. The van der Waals surface area contributed by atoms with Gasteiger partial charge < -0.3 is 10.1 Å². The average molecular weight is 618 g/mol. The van der Waals surface area contributed by atoms with Crippen LogP contribution in [0.5, 0.6) is 0 Å². The van der Waals surface area contributed by atoms with Gasteiger partial charge in [0, 0.05) is 48.3 Å². The summed E-state index contributed by atoms with van der Waals surface area (Å²) >= 11 is 6.15. The molecule has 3 amide bonds. The van der Waals surface area contributed by atoms with E-state index in [-0.39, 0.29) is 22.7 Å². The summed E-state index contributed by atoms with van der Waals surface area (Å²) in [7, 11) is 0. The van der Waals surface area contributed by atoms with Gasteiger partial charge in [-0.25, -0.2) is 27.3 Å². The van der Waals surface area contributed by atoms with Crippen molar-refractivity contribution < 1.29 is 36.7 Å². The van der Waals surface area contributed by atoms with Crippen LogP contribution < -0.4 is 15.1 Å². The molecule has 1 saturated heterocycles. The minimum Gasteiger partial charge on any atom is -0.449 e. The lowest BCUT2D eigenvalue weighted by molar-refractivity contribution is -0.131. The first kappa shape index (κ1) is 31.2. The van der Waals surface area contributed by atoms with Gasteiger partial charge in [0.25, 0.3) is 5.92 Å². The van der Waals surface area contributed by atoms with Crippen molar-refractivity contribution in [1.29, 1.82) is 5.26 Å². The Morgan fingerprint density at radius 1 is 1.19 bits per heavy atom. The Hall–Kier alpha value is -4.70. The summed E-state index contributed by atoms with van der Waals surface area (Å²) in [4.78, 5) is 42.3. The van der Waals surface area contributed by atoms with Gasteiger partial charge in [-0.05, 0) is 36.8 Å². The number of carbonyl (C=O) groups excluding carboxylic acids is 3. The SMILES string of the molecule is N#Cc1ccnc(N2CCCOC2=O)c1.O=CN(c1cc(F)cc(F)c1)C(C(=O)NC1CC(F)(F)C1)c1ccccc1Cl. The zero-order valence-electron chi connectivity index (χ0n) is 22.4. The van der Waals surface area contributed by atoms with Crippen molar-refractivity contribution >= 4 is 41.5 Å². The van der Waals surface area contributed by atoms with Crippen molar-refractivity contribution in [1.82, 2.24) is 10.3 Å². The van der Waals surface area contributed by atoms with E-state index in [1.165, 1.54) is 23.2 Å². The molecule has 5 rings (SSSR count). The molecule has 43 heavy (non-hydrogen) atoms. The zero-order valence-corrected chi connectivity index (χ0v) is 23.1. The number of nitriles is 1. The van der Waals surface area contributed by atoms with Crippen LogP contribution in [0.1, 0.15) is 36.4 Å². The number of hydrogen-bond acceptors (Lipinski definition) is 6. The molecule has 1 unspecified atom stereocenters. The molecular formula is C29H24ClF4N5O4. The Morgan fingerprint density at radius 3 is 2.49 bits per heavy atom. The maximum Gasteiger partial charge on any atom is 0.415 e. The highest BCUT2D eigenvalue weighted by molar-refractivity contribution is 6.31. The smallest absolute Gasteiger partial charge is 0.415 e. The van der Waals surface area contributed by atoms with E-state index in [2.05, 4.69) is 10.3 Å². The Morgan fingerprint density at radius 2 is 1.88 bits per heavy atom. The summed E-state index contributed by atoms with van der Waals surface area (Å²) in [5.74, 6) is -5.06. The summed E-state index contributed by atoms with van der Waals surface area (Å²) in [6.45, 7) is 1.04. The normalized spacial score (nSPS) is 16.4. The summed E-state index contributed by atoms with van der Waals surface area (Å²) in [6, 6.07) is 11.5. The Bertz CT molecular complexity index is 1530. The zero-order chi connectivity index (χ0) is 31.1. The van der Waals surface area contributed by atoms with Gasteiger partial charge in [-0.15, -0.1) is 0 Å². The number of cyclic esters (lactones) is 1. The van der Waals surface area contributed by atoms with E-state index in [4.69, 9.17) is 21.6 Å². The number of ether oxygens (including phenoxy) is 1. The van der Waals surface area contributed by atoms with E-state index in [1.54, 1.807) is 24.3 Å². The fourth-order valence-corrected chi connectivity index (χ4v) is 4.75. The number of carbonyl (C=O) groups is 3. The Labute approximate surface area is 248 Å². The number of alkyl halides is 2. The molecule has 0 spiro atoms. The van der Waals surface area contributed by atoms with Gasteiger partial charge >= 0.3 is 6.09 Å². The largest absolute Gasteiger partial charge is 0.449 e. The molecule has 1 aromatic heterocycles. The first-order valence-electron chi connectivity index (χ1n) is 12.9. The summed E-state index contributed by atoms with van der Waals surface area (Å²) in [5, 5.41) is 11.3. The second kappa shape index (κ2) is 13.5. The third kappa shape index (κ3) is 7.78. The van der Waals surface area contributed by atoms with Crippen LogP contribution in [-0.2, 0) is 14.3 Å². The molecule has 0 bridgehead atoms. The molecule has 14 heteroatoms. The molecule has 1 N–H and O–H groups in total. The highest BCUT2D eigenvalue weighted by Crippen LogP contribution is 2.38. The minimum atomic E-state index is -2.85. The van der Waals surface area contributed by atoms with Gasteiger partial charge in [0.2, 0.25) is 12.3 Å². The molecule has 1 aliphatic heterocycles. The van der Waals surface area contributed by atoms with E-state index >= 15 is 0 Å². The van der Waals surface area contributed by atoms with Crippen molar-refractivity contribution in [2.24, 2.45) is 0 Å². The van der Waals surface area contributed by atoms with Crippen LogP contribution in [-0.4, -0.2) is 48.5 Å². The first-order chi connectivity index (χ1) is 20.5. The highest BCUT2D eigenvalue weighted by Gasteiger charge is 2.47. The first-order valence-corrected chi connectivity index (χ1v) is 13.3. The molecule has 3 aromatic rings. The standard InChI is InChI=1S/C19H15ClF4N2O2.C10H9N3O2/c20-16-4-2-1-3-15(16)17(18(28)25-13-8-19(23,24)9-13)26(10-27)14-6-11(21)5-12(22)7-14;11-7-8-2-3-12-9(6-8)13-4-1-5-15-10(13)14/h1-7,10,13,17H,8-9H2,(H,25,28);2-3,6H,1,4-5H2. The van der Waals surface area contributed by atoms with Crippen LogP contribution in [0, 0.1) is 23.0 Å². The number of rotatable bonds is 7. The maximum absolute atomic E-state index is 13.6. The quantitative estimate of drug-likeness (QED) is 0.275. The fraction of sp³-hybridized carbons (Fsp3) is 0.276. The van der Waals surface area contributed by atoms with Crippen molar-refractivity contribution in [2.45, 2.75) is 37.3 Å². The van der Waals surface area contributed by atoms with Gasteiger partial charge in [-0.3, -0.25) is 19.4 Å².